The summed E-state index contributed by atoms with van der Waals surface area (Å²) in [6, 6.07) is 7.55. The largest absolute Gasteiger partial charge is 0.477 e. The minimum absolute atomic E-state index is 0.0228. The van der Waals surface area contributed by atoms with E-state index >= 15 is 0 Å². The number of anilines is 2. The Balaban J connectivity index is 1.53. The molecule has 1 fully saturated rings. The lowest BCUT2D eigenvalue weighted by atomic mass is 9.95. The van der Waals surface area contributed by atoms with Crippen LogP contribution >= 0.6 is 0 Å². The molecule has 3 heterocycles. The zero-order chi connectivity index (χ0) is 22.5. The first-order valence-electron chi connectivity index (χ1n) is 11.5. The van der Waals surface area contributed by atoms with Gasteiger partial charge in [0.05, 0.1) is 24.3 Å². The lowest BCUT2D eigenvalue weighted by Crippen LogP contribution is -2.54. The molecule has 170 valence electrons. The SMILES string of the molecule is CCC(CC)NC(=O)C1CN(C(=O)C2CCCN(c3cnccn3)C2)c2ccccc2O1. The molecule has 2 atom stereocenters. The molecule has 32 heavy (non-hydrogen) atoms. The molecule has 2 unspecified atom stereocenters. The first kappa shape index (κ1) is 22.0. The van der Waals surface area contributed by atoms with E-state index in [0.717, 1.165) is 43.7 Å². The van der Waals surface area contributed by atoms with E-state index in [9.17, 15) is 9.59 Å². The number of amides is 2. The normalized spacial score (nSPS) is 20.5. The molecule has 1 saturated heterocycles. The van der Waals surface area contributed by atoms with Gasteiger partial charge in [0.1, 0.15) is 11.6 Å². The van der Waals surface area contributed by atoms with E-state index in [1.807, 2.05) is 38.1 Å². The van der Waals surface area contributed by atoms with E-state index in [1.54, 1.807) is 23.5 Å². The minimum Gasteiger partial charge on any atom is -0.477 e. The van der Waals surface area contributed by atoms with Crippen molar-refractivity contribution in [2.45, 2.75) is 51.7 Å². The van der Waals surface area contributed by atoms with Crippen LogP contribution in [0.2, 0.25) is 0 Å². The molecule has 1 N–H and O–H groups in total. The highest BCUT2D eigenvalue weighted by Crippen LogP contribution is 2.35. The summed E-state index contributed by atoms with van der Waals surface area (Å²) in [7, 11) is 0. The van der Waals surface area contributed by atoms with E-state index in [-0.39, 0.29) is 30.3 Å². The predicted molar refractivity (Wildman–Crippen MR) is 123 cm³/mol. The Kier molecular flexibility index (Phi) is 6.87. The van der Waals surface area contributed by atoms with Crippen molar-refractivity contribution in [2.24, 2.45) is 5.92 Å². The van der Waals surface area contributed by atoms with E-state index in [4.69, 9.17) is 4.74 Å². The number of fused-ring (bicyclic) bond motifs is 1. The second kappa shape index (κ2) is 9.97. The maximum atomic E-state index is 13.7. The first-order valence-corrected chi connectivity index (χ1v) is 11.5. The number of ether oxygens (including phenoxy) is 1. The number of rotatable bonds is 6. The molecule has 2 aliphatic heterocycles. The van der Waals surface area contributed by atoms with Gasteiger partial charge in [-0.15, -0.1) is 0 Å². The molecular formula is C24H31N5O3. The third-order valence-electron chi connectivity index (χ3n) is 6.31. The fraction of sp³-hybridized carbons (Fsp3) is 0.500. The molecule has 0 aliphatic carbocycles. The average Bonchev–Trinajstić information content (AvgIpc) is 2.86. The van der Waals surface area contributed by atoms with Crippen molar-refractivity contribution in [3.8, 4) is 5.75 Å². The fourth-order valence-electron chi connectivity index (χ4n) is 4.43. The van der Waals surface area contributed by atoms with Crippen molar-refractivity contribution < 1.29 is 14.3 Å². The van der Waals surface area contributed by atoms with Crippen LogP contribution in [-0.4, -0.2) is 53.6 Å². The smallest absolute Gasteiger partial charge is 0.263 e. The van der Waals surface area contributed by atoms with Gasteiger partial charge in [0.15, 0.2) is 6.10 Å². The Hall–Kier alpha value is -3.16. The minimum atomic E-state index is -0.728. The van der Waals surface area contributed by atoms with E-state index in [1.165, 1.54) is 0 Å². The van der Waals surface area contributed by atoms with Crippen molar-refractivity contribution in [1.29, 1.82) is 0 Å². The Morgan fingerprint density at radius 1 is 1.19 bits per heavy atom. The number of hydrogen-bond acceptors (Lipinski definition) is 6. The molecule has 2 aromatic rings. The molecule has 1 aromatic carbocycles. The first-order chi connectivity index (χ1) is 15.6. The van der Waals surface area contributed by atoms with Crippen LogP contribution in [0.5, 0.6) is 5.75 Å². The molecule has 0 spiro atoms. The third-order valence-corrected chi connectivity index (χ3v) is 6.31. The maximum Gasteiger partial charge on any atom is 0.263 e. The molecule has 0 saturated carbocycles. The summed E-state index contributed by atoms with van der Waals surface area (Å²) in [6.45, 7) is 5.74. The van der Waals surface area contributed by atoms with Crippen LogP contribution < -0.4 is 19.9 Å². The number of carbonyl (C=O) groups is 2. The number of carbonyl (C=O) groups excluding carboxylic acids is 2. The van der Waals surface area contributed by atoms with Gasteiger partial charge in [0.2, 0.25) is 5.91 Å². The number of benzene rings is 1. The number of nitrogens with zero attached hydrogens (tertiary/aromatic N) is 4. The number of aromatic nitrogens is 2. The molecule has 4 rings (SSSR count). The van der Waals surface area contributed by atoms with Crippen LogP contribution in [-0.2, 0) is 9.59 Å². The van der Waals surface area contributed by atoms with Crippen molar-refractivity contribution >= 4 is 23.3 Å². The molecule has 8 nitrogen and oxygen atoms in total. The van der Waals surface area contributed by atoms with Crippen molar-refractivity contribution in [1.82, 2.24) is 15.3 Å². The molecular weight excluding hydrogens is 406 g/mol. The second-order valence-electron chi connectivity index (χ2n) is 8.39. The highest BCUT2D eigenvalue weighted by Gasteiger charge is 2.38. The van der Waals surface area contributed by atoms with E-state index in [2.05, 4.69) is 20.2 Å². The van der Waals surface area contributed by atoms with Gasteiger partial charge < -0.3 is 19.9 Å². The Labute approximate surface area is 189 Å². The predicted octanol–water partition coefficient (Wildman–Crippen LogP) is 2.79. The molecule has 0 radical (unpaired) electrons. The highest BCUT2D eigenvalue weighted by molar-refractivity contribution is 5.99. The number of para-hydroxylation sites is 2. The summed E-state index contributed by atoms with van der Waals surface area (Å²) in [6.07, 6.45) is 7.74. The van der Waals surface area contributed by atoms with Crippen molar-refractivity contribution in [3.63, 3.8) is 0 Å². The molecule has 8 heteroatoms. The van der Waals surface area contributed by atoms with Gasteiger partial charge in [-0.25, -0.2) is 4.98 Å². The zero-order valence-electron chi connectivity index (χ0n) is 18.7. The molecule has 0 bridgehead atoms. The van der Waals surface area contributed by atoms with Crippen LogP contribution in [0.25, 0.3) is 0 Å². The van der Waals surface area contributed by atoms with Crippen LogP contribution in [0.1, 0.15) is 39.5 Å². The Morgan fingerprint density at radius 2 is 2.00 bits per heavy atom. The van der Waals surface area contributed by atoms with Crippen LogP contribution in [0, 0.1) is 5.92 Å². The fourth-order valence-corrected chi connectivity index (χ4v) is 4.43. The Morgan fingerprint density at radius 3 is 2.75 bits per heavy atom. The summed E-state index contributed by atoms with van der Waals surface area (Å²) in [5.41, 5.74) is 0.723. The number of nitrogens with one attached hydrogen (secondary N) is 1. The number of hydrogen-bond donors (Lipinski definition) is 1. The van der Waals surface area contributed by atoms with Crippen molar-refractivity contribution in [3.05, 3.63) is 42.9 Å². The summed E-state index contributed by atoms with van der Waals surface area (Å²) in [5.74, 6) is 1.03. The van der Waals surface area contributed by atoms with Gasteiger partial charge in [-0.2, -0.15) is 0 Å². The van der Waals surface area contributed by atoms with Crippen LogP contribution in [0.4, 0.5) is 11.5 Å². The second-order valence-corrected chi connectivity index (χ2v) is 8.39. The topological polar surface area (TPSA) is 87.7 Å². The maximum absolute atomic E-state index is 13.7. The zero-order valence-corrected chi connectivity index (χ0v) is 18.7. The summed E-state index contributed by atoms with van der Waals surface area (Å²) < 4.78 is 6.01. The third kappa shape index (κ3) is 4.69. The van der Waals surface area contributed by atoms with Crippen LogP contribution in [0.15, 0.2) is 42.9 Å². The van der Waals surface area contributed by atoms with Gasteiger partial charge in [-0.3, -0.25) is 14.6 Å². The average molecular weight is 438 g/mol. The monoisotopic (exact) mass is 437 g/mol. The van der Waals surface area contributed by atoms with Crippen molar-refractivity contribution in [2.75, 3.05) is 29.4 Å². The lowest BCUT2D eigenvalue weighted by Gasteiger charge is -2.39. The van der Waals surface area contributed by atoms with Gasteiger partial charge in [0, 0.05) is 31.5 Å². The summed E-state index contributed by atoms with van der Waals surface area (Å²) >= 11 is 0. The van der Waals surface area contributed by atoms with Crippen LogP contribution in [0.3, 0.4) is 0 Å². The quantitative estimate of drug-likeness (QED) is 0.748. The lowest BCUT2D eigenvalue weighted by molar-refractivity contribution is -0.129. The summed E-state index contributed by atoms with van der Waals surface area (Å²) in [4.78, 5) is 39.0. The van der Waals surface area contributed by atoms with Gasteiger partial charge in [0.25, 0.3) is 5.91 Å². The standard InChI is InChI=1S/C24H31N5O3/c1-3-18(4-2)27-23(30)21-16-29(19-9-5-6-10-20(19)32-21)24(31)17-8-7-13-28(15-17)22-14-25-11-12-26-22/h5-6,9-12,14,17-18,21H,3-4,7-8,13,15-16H2,1-2H3,(H,27,30). The highest BCUT2D eigenvalue weighted by atomic mass is 16.5. The number of piperidine rings is 1. The van der Waals surface area contributed by atoms with Gasteiger partial charge in [-0.1, -0.05) is 26.0 Å². The van der Waals surface area contributed by atoms with E-state index < -0.39 is 6.10 Å². The molecule has 2 aliphatic rings. The van der Waals surface area contributed by atoms with Gasteiger partial charge >= 0.3 is 0 Å². The van der Waals surface area contributed by atoms with E-state index in [0.29, 0.717) is 12.3 Å². The van der Waals surface area contributed by atoms with Gasteiger partial charge in [-0.05, 0) is 37.8 Å². The summed E-state index contributed by atoms with van der Waals surface area (Å²) in [5, 5.41) is 3.06. The molecule has 2 amide bonds. The Bertz CT molecular complexity index is 934. The molecule has 1 aromatic heterocycles.